The molecule has 0 unspecified atom stereocenters. The van der Waals surface area contributed by atoms with Gasteiger partial charge < -0.3 is 16.0 Å². The smallest absolute Gasteiger partial charge is 0.154 e. The molecule has 0 radical (unpaired) electrons. The first-order valence-corrected chi connectivity index (χ1v) is 6.95. The molecule has 3 aromatic rings. The highest BCUT2D eigenvalue weighted by Gasteiger charge is 2.40. The van der Waals surface area contributed by atoms with Crippen molar-refractivity contribution in [3.05, 3.63) is 24.8 Å². The second-order valence-electron chi connectivity index (χ2n) is 5.50. The number of hydrogen-bond acceptors (Lipinski definition) is 6. The maximum Gasteiger partial charge on any atom is 0.154 e. The lowest BCUT2D eigenvalue weighted by atomic mass is 9.89. The molecule has 8 heteroatoms. The van der Waals surface area contributed by atoms with Crippen LogP contribution in [0.25, 0.3) is 22.3 Å². The minimum atomic E-state index is -0.314. The van der Waals surface area contributed by atoms with Crippen LogP contribution in [0.5, 0.6) is 0 Å². The third-order valence-corrected chi connectivity index (χ3v) is 4.15. The van der Waals surface area contributed by atoms with Crippen molar-refractivity contribution < 1.29 is 0 Å². The molecule has 8 nitrogen and oxygen atoms in total. The summed E-state index contributed by atoms with van der Waals surface area (Å²) in [5.41, 5.74) is 8.05. The van der Waals surface area contributed by atoms with Crippen molar-refractivity contribution in [2.75, 3.05) is 18.8 Å². The van der Waals surface area contributed by atoms with E-state index in [2.05, 4.69) is 31.4 Å². The third kappa shape index (κ3) is 1.69. The quantitative estimate of drug-likeness (QED) is 0.651. The number of nitriles is 1. The second-order valence-corrected chi connectivity index (χ2v) is 5.50. The van der Waals surface area contributed by atoms with Gasteiger partial charge in [0.2, 0.25) is 0 Å². The van der Waals surface area contributed by atoms with E-state index in [1.54, 1.807) is 4.68 Å². The Balaban J connectivity index is 1.84. The topological polar surface area (TPSA) is 121 Å². The molecule has 0 saturated carbocycles. The number of fused-ring (bicyclic) bond motifs is 1. The van der Waals surface area contributed by atoms with Gasteiger partial charge in [0.15, 0.2) is 5.82 Å². The number of aromatic nitrogens is 5. The van der Waals surface area contributed by atoms with Gasteiger partial charge in [-0.1, -0.05) is 0 Å². The maximum atomic E-state index is 9.06. The summed E-state index contributed by atoms with van der Waals surface area (Å²) in [6.45, 7) is 1.43. The lowest BCUT2D eigenvalue weighted by Gasteiger charge is -2.41. The van der Waals surface area contributed by atoms with E-state index in [4.69, 9.17) is 11.0 Å². The summed E-state index contributed by atoms with van der Waals surface area (Å²) in [5.74, 6) is 0.408. The highest BCUT2D eigenvalue weighted by molar-refractivity contribution is 5.92. The number of anilines is 1. The Kier molecular flexibility index (Phi) is 2.64. The Morgan fingerprint density at radius 1 is 1.41 bits per heavy atom. The van der Waals surface area contributed by atoms with Crippen LogP contribution in [-0.2, 0) is 5.54 Å². The van der Waals surface area contributed by atoms with E-state index in [0.29, 0.717) is 25.3 Å². The average Bonchev–Trinajstić information content (AvgIpc) is 3.09. The van der Waals surface area contributed by atoms with Crippen LogP contribution in [0.1, 0.15) is 6.42 Å². The van der Waals surface area contributed by atoms with E-state index in [9.17, 15) is 0 Å². The van der Waals surface area contributed by atoms with Gasteiger partial charge >= 0.3 is 0 Å². The SMILES string of the molecule is N#CCC1(n2cc(-c3ncnc4[nH]ccc34)c(N)n2)CNC1. The molecular weight excluding hydrogens is 280 g/mol. The standard InChI is InChI=1S/C14H14N8/c15-3-2-14(6-17-7-14)22-5-10(12(16)21-22)11-9-1-4-18-13(9)20-8-19-11/h1,4-5,8,17H,2,6-7H2,(H2,16,21)(H,18,19,20). The minimum absolute atomic E-state index is 0.314. The first-order chi connectivity index (χ1) is 10.7. The molecule has 4 heterocycles. The van der Waals surface area contributed by atoms with Crippen LogP contribution < -0.4 is 11.1 Å². The Bertz CT molecular complexity index is 880. The van der Waals surface area contributed by atoms with E-state index in [1.165, 1.54) is 6.33 Å². The van der Waals surface area contributed by atoms with E-state index in [1.807, 2.05) is 18.5 Å². The van der Waals surface area contributed by atoms with Gasteiger partial charge in [0.05, 0.1) is 23.7 Å². The Hall–Kier alpha value is -2.92. The Labute approximate surface area is 126 Å². The van der Waals surface area contributed by atoms with Gasteiger partial charge in [-0.3, -0.25) is 4.68 Å². The number of rotatable bonds is 3. The molecular formula is C14H14N8. The largest absolute Gasteiger partial charge is 0.382 e. The van der Waals surface area contributed by atoms with E-state index in [0.717, 1.165) is 22.3 Å². The Morgan fingerprint density at radius 2 is 2.27 bits per heavy atom. The number of nitrogens with one attached hydrogen (secondary N) is 2. The predicted molar refractivity (Wildman–Crippen MR) is 80.6 cm³/mol. The minimum Gasteiger partial charge on any atom is -0.382 e. The summed E-state index contributed by atoms with van der Waals surface area (Å²) in [6.07, 6.45) is 5.59. The number of hydrogen-bond donors (Lipinski definition) is 3. The van der Waals surface area contributed by atoms with Crippen molar-refractivity contribution in [2.45, 2.75) is 12.0 Å². The van der Waals surface area contributed by atoms with Gasteiger partial charge in [-0.25, -0.2) is 9.97 Å². The molecule has 4 rings (SSSR count). The fourth-order valence-electron chi connectivity index (χ4n) is 2.83. The van der Waals surface area contributed by atoms with Gasteiger partial charge in [0, 0.05) is 30.9 Å². The van der Waals surface area contributed by atoms with Crippen molar-refractivity contribution in [1.82, 2.24) is 30.0 Å². The molecule has 0 atom stereocenters. The van der Waals surface area contributed by atoms with Crippen LogP contribution >= 0.6 is 0 Å². The number of nitrogen functional groups attached to an aromatic ring is 1. The van der Waals surface area contributed by atoms with E-state index in [-0.39, 0.29) is 5.54 Å². The zero-order valence-electron chi connectivity index (χ0n) is 11.7. The monoisotopic (exact) mass is 294 g/mol. The molecule has 0 aromatic carbocycles. The predicted octanol–water partition coefficient (Wildman–Crippen LogP) is 0.616. The van der Waals surface area contributed by atoms with Crippen molar-refractivity contribution in [3.8, 4) is 17.3 Å². The number of aromatic amines is 1. The van der Waals surface area contributed by atoms with Crippen LogP contribution in [0.2, 0.25) is 0 Å². The van der Waals surface area contributed by atoms with E-state index >= 15 is 0 Å². The molecule has 1 fully saturated rings. The number of H-pyrrole nitrogens is 1. The van der Waals surface area contributed by atoms with Crippen LogP contribution in [0.4, 0.5) is 5.82 Å². The van der Waals surface area contributed by atoms with Gasteiger partial charge in [-0.15, -0.1) is 0 Å². The van der Waals surface area contributed by atoms with Crippen LogP contribution in [0.15, 0.2) is 24.8 Å². The molecule has 0 aliphatic carbocycles. The summed E-state index contributed by atoms with van der Waals surface area (Å²) < 4.78 is 1.80. The summed E-state index contributed by atoms with van der Waals surface area (Å²) in [5, 5.41) is 17.6. The lowest BCUT2D eigenvalue weighted by molar-refractivity contribution is 0.161. The second kappa shape index (κ2) is 4.54. The average molecular weight is 294 g/mol. The van der Waals surface area contributed by atoms with Crippen molar-refractivity contribution in [2.24, 2.45) is 0 Å². The zero-order valence-corrected chi connectivity index (χ0v) is 11.7. The van der Waals surface area contributed by atoms with Crippen molar-refractivity contribution >= 4 is 16.9 Å². The number of nitrogens with zero attached hydrogens (tertiary/aromatic N) is 5. The fraction of sp³-hybridized carbons (Fsp3) is 0.286. The Morgan fingerprint density at radius 3 is 3.00 bits per heavy atom. The summed E-state index contributed by atoms with van der Waals surface area (Å²) in [6, 6.07) is 4.14. The lowest BCUT2D eigenvalue weighted by Crippen LogP contribution is -2.60. The molecule has 0 spiro atoms. The summed E-state index contributed by atoms with van der Waals surface area (Å²) in [4.78, 5) is 11.6. The molecule has 3 aromatic heterocycles. The van der Waals surface area contributed by atoms with Crippen molar-refractivity contribution in [1.29, 1.82) is 5.26 Å². The number of nitrogens with two attached hydrogens (primary N) is 1. The molecule has 0 amide bonds. The van der Waals surface area contributed by atoms with E-state index < -0.39 is 0 Å². The zero-order chi connectivity index (χ0) is 15.2. The van der Waals surface area contributed by atoms with Gasteiger partial charge in [0.25, 0.3) is 0 Å². The summed E-state index contributed by atoms with van der Waals surface area (Å²) in [7, 11) is 0. The first-order valence-electron chi connectivity index (χ1n) is 6.95. The van der Waals surface area contributed by atoms with Gasteiger partial charge in [0.1, 0.15) is 17.5 Å². The molecule has 1 saturated heterocycles. The molecule has 4 N–H and O–H groups in total. The van der Waals surface area contributed by atoms with Gasteiger partial charge in [-0.05, 0) is 6.07 Å². The molecule has 1 aliphatic rings. The highest BCUT2D eigenvalue weighted by atomic mass is 15.4. The fourth-order valence-corrected chi connectivity index (χ4v) is 2.83. The molecule has 110 valence electrons. The molecule has 22 heavy (non-hydrogen) atoms. The molecule has 1 aliphatic heterocycles. The van der Waals surface area contributed by atoms with Crippen LogP contribution in [0.3, 0.4) is 0 Å². The molecule has 0 bridgehead atoms. The third-order valence-electron chi connectivity index (χ3n) is 4.15. The normalized spacial score (nSPS) is 16.3. The van der Waals surface area contributed by atoms with Crippen LogP contribution in [-0.4, -0.2) is 37.8 Å². The summed E-state index contributed by atoms with van der Waals surface area (Å²) >= 11 is 0. The van der Waals surface area contributed by atoms with Gasteiger partial charge in [-0.2, -0.15) is 10.4 Å². The maximum absolute atomic E-state index is 9.06. The first kappa shape index (κ1) is 12.8. The highest BCUT2D eigenvalue weighted by Crippen LogP contribution is 2.33. The van der Waals surface area contributed by atoms with Crippen molar-refractivity contribution in [3.63, 3.8) is 0 Å². The van der Waals surface area contributed by atoms with Crippen LogP contribution in [0, 0.1) is 11.3 Å².